The topological polar surface area (TPSA) is 80.5 Å². The summed E-state index contributed by atoms with van der Waals surface area (Å²) in [6.07, 6.45) is 0. The fourth-order valence-electron chi connectivity index (χ4n) is 1.57. The summed E-state index contributed by atoms with van der Waals surface area (Å²) in [4.78, 5) is 8.65. The lowest BCUT2D eigenvalue weighted by atomic mass is 10.2. The molecule has 2 aromatic rings. The van der Waals surface area contributed by atoms with Crippen LogP contribution < -0.4 is 5.73 Å². The van der Waals surface area contributed by atoms with E-state index in [2.05, 4.69) is 20.2 Å². The van der Waals surface area contributed by atoms with Gasteiger partial charge in [-0.05, 0) is 32.9 Å². The van der Waals surface area contributed by atoms with Crippen molar-refractivity contribution in [2.45, 2.75) is 26.8 Å². The molecule has 0 aliphatic carbocycles. The van der Waals surface area contributed by atoms with E-state index in [9.17, 15) is 0 Å². The molecule has 5 heteroatoms. The van der Waals surface area contributed by atoms with Crippen LogP contribution in [0.2, 0.25) is 0 Å². The molecule has 0 aliphatic heterocycles. The molecule has 3 N–H and O–H groups in total. The summed E-state index contributed by atoms with van der Waals surface area (Å²) in [6.45, 7) is 5.78. The second kappa shape index (κ2) is 4.02. The standard InChI is InChI=1S/C11H15N5/c1-6-4-9(5-7(2)13-6)11-14-10(8(3)12)15-16-11/h4-5,8H,12H2,1-3H3,(H,14,15,16). The van der Waals surface area contributed by atoms with Crippen LogP contribution in [-0.4, -0.2) is 20.2 Å². The van der Waals surface area contributed by atoms with Crippen LogP contribution in [-0.2, 0) is 0 Å². The minimum Gasteiger partial charge on any atom is -0.322 e. The highest BCUT2D eigenvalue weighted by molar-refractivity contribution is 5.55. The van der Waals surface area contributed by atoms with Crippen molar-refractivity contribution >= 4 is 0 Å². The van der Waals surface area contributed by atoms with E-state index >= 15 is 0 Å². The Hall–Kier alpha value is -1.75. The fourth-order valence-corrected chi connectivity index (χ4v) is 1.57. The Morgan fingerprint density at radius 3 is 2.31 bits per heavy atom. The first-order chi connectivity index (χ1) is 7.56. The number of aryl methyl sites for hydroxylation is 2. The van der Waals surface area contributed by atoms with Gasteiger partial charge in [0.2, 0.25) is 0 Å². The highest BCUT2D eigenvalue weighted by Crippen LogP contribution is 2.17. The van der Waals surface area contributed by atoms with Crippen molar-refractivity contribution < 1.29 is 0 Å². The molecule has 0 aliphatic rings. The van der Waals surface area contributed by atoms with Gasteiger partial charge in [-0.15, -0.1) is 0 Å². The summed E-state index contributed by atoms with van der Waals surface area (Å²) in [5.41, 5.74) is 8.61. The Kier molecular flexibility index (Phi) is 2.70. The maximum Gasteiger partial charge on any atom is 0.181 e. The number of hydrogen-bond donors (Lipinski definition) is 2. The van der Waals surface area contributed by atoms with Gasteiger partial charge < -0.3 is 5.73 Å². The molecule has 0 saturated heterocycles. The van der Waals surface area contributed by atoms with Crippen LogP contribution in [0.5, 0.6) is 0 Å². The quantitative estimate of drug-likeness (QED) is 0.798. The molecule has 0 fully saturated rings. The lowest BCUT2D eigenvalue weighted by Gasteiger charge is -2.00. The summed E-state index contributed by atoms with van der Waals surface area (Å²) in [5, 5.41) is 6.98. The van der Waals surface area contributed by atoms with E-state index in [1.165, 1.54) is 0 Å². The van der Waals surface area contributed by atoms with Gasteiger partial charge in [0.25, 0.3) is 0 Å². The van der Waals surface area contributed by atoms with Crippen LogP contribution in [0.4, 0.5) is 0 Å². The van der Waals surface area contributed by atoms with Crippen LogP contribution in [0.15, 0.2) is 12.1 Å². The largest absolute Gasteiger partial charge is 0.322 e. The minimum atomic E-state index is -0.134. The minimum absolute atomic E-state index is 0.134. The first-order valence-electron chi connectivity index (χ1n) is 5.20. The van der Waals surface area contributed by atoms with Gasteiger partial charge in [0.15, 0.2) is 5.82 Å². The third kappa shape index (κ3) is 2.09. The van der Waals surface area contributed by atoms with Crippen LogP contribution in [0.25, 0.3) is 11.4 Å². The molecule has 0 saturated carbocycles. The number of nitrogens with two attached hydrogens (primary N) is 1. The van der Waals surface area contributed by atoms with E-state index in [0.717, 1.165) is 17.0 Å². The zero-order chi connectivity index (χ0) is 11.7. The lowest BCUT2D eigenvalue weighted by molar-refractivity contribution is 0.745. The number of nitrogens with one attached hydrogen (secondary N) is 1. The molecule has 0 bridgehead atoms. The monoisotopic (exact) mass is 217 g/mol. The van der Waals surface area contributed by atoms with Crippen molar-refractivity contribution in [2.24, 2.45) is 5.73 Å². The van der Waals surface area contributed by atoms with Crippen LogP contribution >= 0.6 is 0 Å². The zero-order valence-corrected chi connectivity index (χ0v) is 9.65. The highest BCUT2D eigenvalue weighted by atomic mass is 15.2. The average molecular weight is 217 g/mol. The van der Waals surface area contributed by atoms with Gasteiger partial charge in [0.1, 0.15) is 5.82 Å². The molecular formula is C11H15N5. The normalized spacial score (nSPS) is 12.8. The van der Waals surface area contributed by atoms with Gasteiger partial charge in [0, 0.05) is 17.0 Å². The molecule has 0 amide bonds. The van der Waals surface area contributed by atoms with E-state index in [1.807, 2.05) is 32.9 Å². The van der Waals surface area contributed by atoms with Gasteiger partial charge in [-0.25, -0.2) is 4.98 Å². The number of H-pyrrole nitrogens is 1. The number of nitrogens with zero attached hydrogens (tertiary/aromatic N) is 3. The van der Waals surface area contributed by atoms with E-state index in [1.54, 1.807) is 0 Å². The summed E-state index contributed by atoms with van der Waals surface area (Å²) in [7, 11) is 0. The molecule has 2 rings (SSSR count). The number of aromatic nitrogens is 4. The van der Waals surface area contributed by atoms with Crippen molar-refractivity contribution in [3.05, 3.63) is 29.3 Å². The number of hydrogen-bond acceptors (Lipinski definition) is 4. The maximum atomic E-state index is 5.72. The predicted octanol–water partition coefficient (Wildman–Crippen LogP) is 1.50. The molecule has 2 aromatic heterocycles. The van der Waals surface area contributed by atoms with Gasteiger partial charge in [0.05, 0.1) is 6.04 Å². The Morgan fingerprint density at radius 2 is 1.81 bits per heavy atom. The first-order valence-corrected chi connectivity index (χ1v) is 5.20. The number of aromatic amines is 1. The first kappa shape index (κ1) is 10.8. The maximum absolute atomic E-state index is 5.72. The third-order valence-corrected chi connectivity index (χ3v) is 2.27. The molecule has 5 nitrogen and oxygen atoms in total. The zero-order valence-electron chi connectivity index (χ0n) is 9.65. The fraction of sp³-hybridized carbons (Fsp3) is 0.364. The number of pyridine rings is 1. The third-order valence-electron chi connectivity index (χ3n) is 2.27. The molecule has 84 valence electrons. The smallest absolute Gasteiger partial charge is 0.181 e. The van der Waals surface area contributed by atoms with E-state index in [0.29, 0.717) is 11.6 Å². The average Bonchev–Trinajstić information content (AvgIpc) is 2.64. The Morgan fingerprint density at radius 1 is 1.19 bits per heavy atom. The van der Waals surface area contributed by atoms with Gasteiger partial charge in [-0.2, -0.15) is 5.10 Å². The second-order valence-corrected chi connectivity index (χ2v) is 3.97. The van der Waals surface area contributed by atoms with Crippen LogP contribution in [0.3, 0.4) is 0 Å². The summed E-state index contributed by atoms with van der Waals surface area (Å²) in [5.74, 6) is 1.36. The van der Waals surface area contributed by atoms with Crippen molar-refractivity contribution in [1.29, 1.82) is 0 Å². The molecule has 2 heterocycles. The van der Waals surface area contributed by atoms with Gasteiger partial charge in [-0.3, -0.25) is 10.1 Å². The molecule has 0 spiro atoms. The SMILES string of the molecule is Cc1cc(-c2n[nH]c(C(C)N)n2)cc(C)n1. The molecule has 16 heavy (non-hydrogen) atoms. The van der Waals surface area contributed by atoms with E-state index in [4.69, 9.17) is 5.73 Å². The molecule has 0 aromatic carbocycles. The number of rotatable bonds is 2. The molecule has 1 unspecified atom stereocenters. The Bertz CT molecular complexity index is 481. The second-order valence-electron chi connectivity index (χ2n) is 3.97. The van der Waals surface area contributed by atoms with Crippen molar-refractivity contribution in [2.75, 3.05) is 0 Å². The molecular weight excluding hydrogens is 202 g/mol. The highest BCUT2D eigenvalue weighted by Gasteiger charge is 2.09. The van der Waals surface area contributed by atoms with Crippen LogP contribution in [0.1, 0.15) is 30.2 Å². The van der Waals surface area contributed by atoms with Crippen LogP contribution in [0, 0.1) is 13.8 Å². The van der Waals surface area contributed by atoms with Crippen molar-refractivity contribution in [1.82, 2.24) is 20.2 Å². The summed E-state index contributed by atoms with van der Waals surface area (Å²) in [6, 6.07) is 3.78. The van der Waals surface area contributed by atoms with Gasteiger partial charge in [-0.1, -0.05) is 0 Å². The summed E-state index contributed by atoms with van der Waals surface area (Å²) >= 11 is 0. The molecule has 0 radical (unpaired) electrons. The van der Waals surface area contributed by atoms with Gasteiger partial charge >= 0.3 is 0 Å². The Labute approximate surface area is 94.1 Å². The van der Waals surface area contributed by atoms with E-state index < -0.39 is 0 Å². The molecule has 1 atom stereocenters. The van der Waals surface area contributed by atoms with Crippen molar-refractivity contribution in [3.63, 3.8) is 0 Å². The van der Waals surface area contributed by atoms with E-state index in [-0.39, 0.29) is 6.04 Å². The van der Waals surface area contributed by atoms with Crippen molar-refractivity contribution in [3.8, 4) is 11.4 Å². The predicted molar refractivity (Wildman–Crippen MR) is 61.7 cm³/mol. The Balaban J connectivity index is 2.42. The lowest BCUT2D eigenvalue weighted by Crippen LogP contribution is -2.06. The summed E-state index contributed by atoms with van der Waals surface area (Å²) < 4.78 is 0.